The van der Waals surface area contributed by atoms with Gasteiger partial charge in [0.1, 0.15) is 0 Å². The van der Waals surface area contributed by atoms with Crippen molar-refractivity contribution in [2.45, 2.75) is 84.0 Å². The van der Waals surface area contributed by atoms with Crippen LogP contribution in [0.3, 0.4) is 0 Å². The monoisotopic (exact) mass is 281 g/mol. The van der Waals surface area contributed by atoms with Gasteiger partial charge < -0.3 is 5.32 Å². The number of piperazine rings is 1. The highest BCUT2D eigenvalue weighted by Crippen LogP contribution is 2.25. The topological polar surface area (TPSA) is 18.5 Å². The summed E-state index contributed by atoms with van der Waals surface area (Å²) in [5.74, 6) is 0. The van der Waals surface area contributed by atoms with Gasteiger partial charge in [0.05, 0.1) is 0 Å². The SMILES string of the molecule is CCC(C)(C)NCC(C)N1CC2CCCCN2CC1C. The van der Waals surface area contributed by atoms with Crippen molar-refractivity contribution in [2.75, 3.05) is 26.2 Å². The van der Waals surface area contributed by atoms with Gasteiger partial charge in [-0.2, -0.15) is 0 Å². The number of nitrogens with zero attached hydrogens (tertiary/aromatic N) is 2. The Kier molecular flexibility index (Phi) is 5.49. The summed E-state index contributed by atoms with van der Waals surface area (Å²) in [6.07, 6.45) is 5.43. The molecule has 0 amide bonds. The predicted molar refractivity (Wildman–Crippen MR) is 87.2 cm³/mol. The van der Waals surface area contributed by atoms with Crippen molar-refractivity contribution in [3.8, 4) is 0 Å². The van der Waals surface area contributed by atoms with Crippen LogP contribution in [-0.4, -0.2) is 59.6 Å². The molecule has 0 bridgehead atoms. The van der Waals surface area contributed by atoms with Crippen LogP contribution >= 0.6 is 0 Å². The van der Waals surface area contributed by atoms with E-state index in [0.29, 0.717) is 12.1 Å². The Balaban J connectivity index is 1.87. The van der Waals surface area contributed by atoms with Crippen LogP contribution < -0.4 is 5.32 Å². The molecule has 0 aromatic rings. The van der Waals surface area contributed by atoms with Gasteiger partial charge in [0.25, 0.3) is 0 Å². The first-order valence-electron chi connectivity index (χ1n) is 8.68. The minimum absolute atomic E-state index is 0.268. The molecule has 0 radical (unpaired) electrons. The van der Waals surface area contributed by atoms with Crippen LogP contribution in [0.2, 0.25) is 0 Å². The van der Waals surface area contributed by atoms with Crippen molar-refractivity contribution in [1.82, 2.24) is 15.1 Å². The van der Waals surface area contributed by atoms with Gasteiger partial charge in [-0.1, -0.05) is 13.3 Å². The molecule has 3 heteroatoms. The normalized spacial score (nSPS) is 31.1. The van der Waals surface area contributed by atoms with Crippen LogP contribution in [0.1, 0.15) is 60.3 Å². The summed E-state index contributed by atoms with van der Waals surface area (Å²) < 4.78 is 0. The molecule has 3 atom stereocenters. The van der Waals surface area contributed by atoms with E-state index in [9.17, 15) is 0 Å². The number of nitrogens with one attached hydrogen (secondary N) is 1. The molecule has 20 heavy (non-hydrogen) atoms. The van der Waals surface area contributed by atoms with Crippen molar-refractivity contribution in [1.29, 1.82) is 0 Å². The van der Waals surface area contributed by atoms with Gasteiger partial charge in [-0.15, -0.1) is 0 Å². The maximum absolute atomic E-state index is 3.74. The molecule has 2 rings (SSSR count). The van der Waals surface area contributed by atoms with E-state index in [1.807, 2.05) is 0 Å². The van der Waals surface area contributed by atoms with Crippen molar-refractivity contribution < 1.29 is 0 Å². The molecule has 0 aliphatic carbocycles. The van der Waals surface area contributed by atoms with Gasteiger partial charge in [-0.25, -0.2) is 0 Å². The third-order valence-corrected chi connectivity index (χ3v) is 5.56. The van der Waals surface area contributed by atoms with Crippen molar-refractivity contribution >= 4 is 0 Å². The van der Waals surface area contributed by atoms with E-state index in [2.05, 4.69) is 49.7 Å². The van der Waals surface area contributed by atoms with E-state index in [4.69, 9.17) is 0 Å². The smallest absolute Gasteiger partial charge is 0.0224 e. The lowest BCUT2D eigenvalue weighted by Crippen LogP contribution is -2.62. The largest absolute Gasteiger partial charge is 0.310 e. The Morgan fingerprint density at radius 2 is 2.00 bits per heavy atom. The molecule has 2 heterocycles. The average Bonchev–Trinajstić information content (AvgIpc) is 2.44. The maximum Gasteiger partial charge on any atom is 0.0224 e. The molecule has 2 saturated heterocycles. The van der Waals surface area contributed by atoms with Crippen molar-refractivity contribution in [3.05, 3.63) is 0 Å². The number of hydrogen-bond acceptors (Lipinski definition) is 3. The van der Waals surface area contributed by atoms with Crippen LogP contribution in [0, 0.1) is 0 Å². The summed E-state index contributed by atoms with van der Waals surface area (Å²) in [7, 11) is 0. The molecule has 2 aliphatic heterocycles. The first-order valence-corrected chi connectivity index (χ1v) is 8.68. The van der Waals surface area contributed by atoms with Crippen molar-refractivity contribution in [2.24, 2.45) is 0 Å². The highest BCUT2D eigenvalue weighted by atomic mass is 15.3. The average molecular weight is 281 g/mol. The zero-order valence-corrected chi connectivity index (χ0v) is 14.3. The Labute approximate surface area is 126 Å². The molecule has 2 fully saturated rings. The first kappa shape index (κ1) is 16.3. The Morgan fingerprint density at radius 3 is 2.70 bits per heavy atom. The highest BCUT2D eigenvalue weighted by Gasteiger charge is 2.35. The minimum Gasteiger partial charge on any atom is -0.310 e. The quantitative estimate of drug-likeness (QED) is 0.836. The summed E-state index contributed by atoms with van der Waals surface area (Å²) in [6, 6.07) is 2.16. The number of rotatable bonds is 5. The van der Waals surface area contributed by atoms with Crippen LogP contribution in [0.4, 0.5) is 0 Å². The molecule has 118 valence electrons. The second kappa shape index (κ2) is 6.76. The summed E-state index contributed by atoms with van der Waals surface area (Å²) in [5.41, 5.74) is 0.268. The number of piperidine rings is 1. The molecule has 0 saturated carbocycles. The summed E-state index contributed by atoms with van der Waals surface area (Å²) in [6.45, 7) is 16.7. The fourth-order valence-electron chi connectivity index (χ4n) is 3.66. The van der Waals surface area contributed by atoms with Gasteiger partial charge >= 0.3 is 0 Å². The van der Waals surface area contributed by atoms with Gasteiger partial charge in [-0.05, 0) is 53.5 Å². The molecule has 0 aromatic heterocycles. The van der Waals surface area contributed by atoms with E-state index in [1.165, 1.54) is 45.3 Å². The molecule has 0 spiro atoms. The van der Waals surface area contributed by atoms with E-state index >= 15 is 0 Å². The first-order chi connectivity index (χ1) is 9.43. The summed E-state index contributed by atoms with van der Waals surface area (Å²) >= 11 is 0. The van der Waals surface area contributed by atoms with Crippen LogP contribution in [0.15, 0.2) is 0 Å². The van der Waals surface area contributed by atoms with Gasteiger partial charge in [0.15, 0.2) is 0 Å². The second-order valence-corrected chi connectivity index (χ2v) is 7.66. The molecule has 0 aromatic carbocycles. The molecular formula is C17H35N3. The highest BCUT2D eigenvalue weighted by molar-refractivity contribution is 4.92. The Morgan fingerprint density at radius 1 is 1.25 bits per heavy atom. The van der Waals surface area contributed by atoms with E-state index in [0.717, 1.165) is 12.6 Å². The zero-order chi connectivity index (χ0) is 14.8. The predicted octanol–water partition coefficient (Wildman–Crippen LogP) is 2.71. The lowest BCUT2D eigenvalue weighted by atomic mass is 9.95. The van der Waals surface area contributed by atoms with Gasteiger partial charge in [-0.3, -0.25) is 9.80 Å². The van der Waals surface area contributed by atoms with Crippen LogP contribution in [-0.2, 0) is 0 Å². The molecular weight excluding hydrogens is 246 g/mol. The molecule has 1 N–H and O–H groups in total. The summed E-state index contributed by atoms with van der Waals surface area (Å²) in [4.78, 5) is 5.48. The van der Waals surface area contributed by atoms with Crippen molar-refractivity contribution in [3.63, 3.8) is 0 Å². The molecule has 3 unspecified atom stereocenters. The Hall–Kier alpha value is -0.120. The second-order valence-electron chi connectivity index (χ2n) is 7.66. The standard InChI is InChI=1S/C17H35N3/c1-6-17(4,5)18-11-14(2)20-13-16-9-7-8-10-19(16)12-15(20)3/h14-16,18H,6-13H2,1-5H3. The lowest BCUT2D eigenvalue weighted by molar-refractivity contribution is -0.00493. The molecule has 2 aliphatic rings. The minimum atomic E-state index is 0.268. The fourth-order valence-corrected chi connectivity index (χ4v) is 3.66. The third-order valence-electron chi connectivity index (χ3n) is 5.56. The zero-order valence-electron chi connectivity index (χ0n) is 14.3. The lowest BCUT2D eigenvalue weighted by Gasteiger charge is -2.49. The Bertz CT molecular complexity index is 303. The number of hydrogen-bond donors (Lipinski definition) is 1. The number of fused-ring (bicyclic) bond motifs is 1. The third kappa shape index (κ3) is 3.96. The van der Waals surface area contributed by atoms with Crippen LogP contribution in [0.25, 0.3) is 0 Å². The van der Waals surface area contributed by atoms with E-state index in [1.54, 1.807) is 0 Å². The summed E-state index contributed by atoms with van der Waals surface area (Å²) in [5, 5.41) is 3.74. The van der Waals surface area contributed by atoms with E-state index in [-0.39, 0.29) is 5.54 Å². The molecule has 3 nitrogen and oxygen atoms in total. The van der Waals surface area contributed by atoms with Gasteiger partial charge in [0, 0.05) is 43.3 Å². The van der Waals surface area contributed by atoms with Gasteiger partial charge in [0.2, 0.25) is 0 Å². The fraction of sp³-hybridized carbons (Fsp3) is 1.00. The maximum atomic E-state index is 3.74. The van der Waals surface area contributed by atoms with Crippen LogP contribution in [0.5, 0.6) is 0 Å². The van der Waals surface area contributed by atoms with E-state index < -0.39 is 0 Å².